The number of thiol groups is 1. The number of piperidine rings is 1. The zero-order valence-corrected chi connectivity index (χ0v) is 39.7. The minimum Gasteiger partial charge on any atom is -0.508 e. The molecule has 0 bridgehead atoms. The predicted molar refractivity (Wildman–Crippen MR) is 242 cm³/mol. The minimum absolute atomic E-state index is 0.0193. The van der Waals surface area contributed by atoms with Gasteiger partial charge in [-0.3, -0.25) is 33.7 Å². The lowest BCUT2D eigenvalue weighted by Crippen LogP contribution is -2.59. The molecule has 4 N–H and O–H groups in total. The van der Waals surface area contributed by atoms with E-state index in [0.717, 1.165) is 36.3 Å². The first-order valence-corrected chi connectivity index (χ1v) is 23.4. The molecular weight excluding hydrogens is 833 g/mol. The van der Waals surface area contributed by atoms with E-state index >= 15 is 0 Å². The third kappa shape index (κ3) is 16.5. The van der Waals surface area contributed by atoms with Crippen molar-refractivity contribution in [3.63, 3.8) is 0 Å². The normalized spacial score (nSPS) is 17.3. The molecule has 17 heteroatoms. The summed E-state index contributed by atoms with van der Waals surface area (Å²) in [6.07, 6.45) is 3.05. The number of aromatic hydroxyl groups is 1. The second kappa shape index (κ2) is 25.8. The number of carbonyl (C=O) groups is 6. The molecular formula is C45H70N6O9S2. The first kappa shape index (κ1) is 52.1. The van der Waals surface area contributed by atoms with Gasteiger partial charge in [0.2, 0.25) is 17.7 Å². The van der Waals surface area contributed by atoms with E-state index in [2.05, 4.69) is 33.6 Å². The summed E-state index contributed by atoms with van der Waals surface area (Å²) in [6.45, 7) is 15.3. The molecule has 15 nitrogen and oxygen atoms in total. The molecule has 7 atom stereocenters. The maximum atomic E-state index is 14.9. The van der Waals surface area contributed by atoms with Gasteiger partial charge in [-0.05, 0) is 74.7 Å². The van der Waals surface area contributed by atoms with Crippen LogP contribution in [0, 0.1) is 23.7 Å². The van der Waals surface area contributed by atoms with E-state index in [-0.39, 0.29) is 66.6 Å². The summed E-state index contributed by atoms with van der Waals surface area (Å²) in [5.74, 6) is -2.74. The average molecular weight is 903 g/mol. The van der Waals surface area contributed by atoms with Gasteiger partial charge in [0, 0.05) is 55.4 Å². The number of thiazole rings is 1. The van der Waals surface area contributed by atoms with Crippen LogP contribution in [0.2, 0.25) is 0 Å². The van der Waals surface area contributed by atoms with Gasteiger partial charge in [0.15, 0.2) is 12.8 Å². The number of likely N-dealkylation sites (N-methyl/N-ethyl adjacent to an activating group) is 1. The van der Waals surface area contributed by atoms with Crippen molar-refractivity contribution in [2.24, 2.45) is 23.7 Å². The van der Waals surface area contributed by atoms with Crippen molar-refractivity contribution < 1.29 is 43.3 Å². The number of amides is 4. The highest BCUT2D eigenvalue weighted by atomic mass is 32.1. The molecule has 4 amide bonds. The summed E-state index contributed by atoms with van der Waals surface area (Å²) in [5, 5.41) is 20.7. The molecule has 3 rings (SSSR count). The summed E-state index contributed by atoms with van der Waals surface area (Å²) in [4.78, 5) is 89.0. The lowest BCUT2D eigenvalue weighted by atomic mass is 9.92. The summed E-state index contributed by atoms with van der Waals surface area (Å²) in [6, 6.07) is 4.16. The number of nitrogens with zero attached hydrogens (tertiary/aromatic N) is 3. The van der Waals surface area contributed by atoms with Crippen LogP contribution in [-0.2, 0) is 39.9 Å². The van der Waals surface area contributed by atoms with Crippen molar-refractivity contribution in [2.75, 3.05) is 32.6 Å². The molecule has 62 heavy (non-hydrogen) atoms. The van der Waals surface area contributed by atoms with Crippen LogP contribution in [0.25, 0.3) is 0 Å². The molecule has 1 fully saturated rings. The van der Waals surface area contributed by atoms with Crippen molar-refractivity contribution in [3.8, 4) is 5.75 Å². The van der Waals surface area contributed by atoms with Gasteiger partial charge in [-0.2, -0.15) is 12.6 Å². The summed E-state index contributed by atoms with van der Waals surface area (Å²) >= 11 is 5.30. The highest BCUT2D eigenvalue weighted by molar-refractivity contribution is 7.80. The van der Waals surface area contributed by atoms with Crippen LogP contribution in [0.15, 0.2) is 29.6 Å². The number of ether oxygens (including phenoxy) is 2. The topological polar surface area (TPSA) is 197 Å². The summed E-state index contributed by atoms with van der Waals surface area (Å²) in [7, 11) is 1.91. The van der Waals surface area contributed by atoms with Crippen molar-refractivity contribution in [2.45, 2.75) is 137 Å². The second-order valence-corrected chi connectivity index (χ2v) is 18.7. The van der Waals surface area contributed by atoms with Crippen LogP contribution in [0.3, 0.4) is 0 Å². The van der Waals surface area contributed by atoms with Gasteiger partial charge in [-0.25, -0.2) is 4.98 Å². The number of hydrogen-bond acceptors (Lipinski definition) is 13. The fraction of sp³-hybridized carbons (Fsp3) is 0.667. The van der Waals surface area contributed by atoms with Crippen molar-refractivity contribution in [1.82, 2.24) is 30.7 Å². The van der Waals surface area contributed by atoms with Crippen LogP contribution in [-0.4, -0.2) is 112 Å². The Kier molecular flexibility index (Phi) is 21.7. The molecule has 1 aromatic heterocycles. The molecule has 0 spiro atoms. The minimum atomic E-state index is -0.996. The number of phenolic OH excluding ortho intramolecular Hbond substituents is 1. The number of rotatable bonds is 24. The molecule has 0 aliphatic carbocycles. The van der Waals surface area contributed by atoms with Crippen LogP contribution in [0.1, 0.15) is 127 Å². The van der Waals surface area contributed by atoms with Gasteiger partial charge < -0.3 is 35.4 Å². The Labute approximate surface area is 377 Å². The summed E-state index contributed by atoms with van der Waals surface area (Å²) < 4.78 is 11.6. The fourth-order valence-electron chi connectivity index (χ4n) is 7.55. The van der Waals surface area contributed by atoms with E-state index < -0.39 is 53.9 Å². The molecule has 346 valence electrons. The molecule has 1 aromatic carbocycles. The van der Waals surface area contributed by atoms with Crippen LogP contribution < -0.4 is 16.0 Å². The SMILES string of the molecule is CC[C@H](C)[C@H](NC(=O)[C@H]1CCCCN1C)C(=O)N(COC(=O)CC(C)C)[C@H](C[C@@H](OC(C)=O)c1nc(C(=O)NC(Cc2ccc(O)cc2)C[C@H](C)C(=O)NCCS)cs1)C(C)C. The van der Waals surface area contributed by atoms with Gasteiger partial charge in [0.25, 0.3) is 5.91 Å². The number of benzene rings is 1. The van der Waals surface area contributed by atoms with E-state index in [4.69, 9.17) is 9.47 Å². The molecule has 2 heterocycles. The molecule has 1 aliphatic heterocycles. The maximum Gasteiger partial charge on any atom is 0.307 e. The largest absolute Gasteiger partial charge is 0.508 e. The highest BCUT2D eigenvalue weighted by Gasteiger charge is 2.39. The van der Waals surface area contributed by atoms with E-state index in [1.807, 2.05) is 53.5 Å². The molecule has 1 saturated heterocycles. The van der Waals surface area contributed by atoms with Gasteiger partial charge in [0.05, 0.1) is 6.04 Å². The standard InChI is InChI=1S/C45H70N6O9S2/c1-10-29(6)40(49-43(57)36-13-11-12-19-50(36)9)45(58)51(26-59-39(54)21-27(2)3)37(28(4)5)24-38(60-31(8)52)44-48-35(25-62-44)42(56)47-33(22-30(7)41(55)46-18-20-61)23-32-14-16-34(53)17-15-32/h14-17,25,27-30,33,36-38,40,53,61H,10-13,18-24,26H2,1-9H3,(H,46,55)(H,47,56)(H,49,57)/t29-,30-,33?,36+,37+,38+,40-/m0/s1. The zero-order chi connectivity index (χ0) is 46.1. The monoisotopic (exact) mass is 902 g/mol. The number of nitrogens with one attached hydrogen (secondary N) is 3. The van der Waals surface area contributed by atoms with E-state index in [9.17, 15) is 33.9 Å². The van der Waals surface area contributed by atoms with E-state index in [1.165, 1.54) is 11.8 Å². The number of aromatic nitrogens is 1. The lowest BCUT2D eigenvalue weighted by molar-refractivity contribution is -0.161. The Morgan fingerprint density at radius 3 is 2.31 bits per heavy atom. The fourth-order valence-corrected chi connectivity index (χ4v) is 8.50. The van der Waals surface area contributed by atoms with Gasteiger partial charge in [-0.1, -0.05) is 73.4 Å². The molecule has 1 unspecified atom stereocenters. The van der Waals surface area contributed by atoms with Crippen molar-refractivity contribution >= 4 is 59.5 Å². The van der Waals surface area contributed by atoms with Gasteiger partial charge in [-0.15, -0.1) is 11.3 Å². The highest BCUT2D eigenvalue weighted by Crippen LogP contribution is 2.32. The third-order valence-electron chi connectivity index (χ3n) is 11.3. The molecule has 0 radical (unpaired) electrons. The van der Waals surface area contributed by atoms with Gasteiger partial charge in [0.1, 0.15) is 22.5 Å². The van der Waals surface area contributed by atoms with Crippen LogP contribution >= 0.6 is 24.0 Å². The quantitative estimate of drug-likeness (QED) is 0.0495. The Morgan fingerprint density at radius 1 is 1.02 bits per heavy atom. The number of hydrogen-bond donors (Lipinski definition) is 5. The average Bonchev–Trinajstić information content (AvgIpc) is 3.72. The van der Waals surface area contributed by atoms with E-state index in [0.29, 0.717) is 43.0 Å². The van der Waals surface area contributed by atoms with Crippen LogP contribution in [0.4, 0.5) is 0 Å². The number of carbonyl (C=O) groups excluding carboxylic acids is 6. The molecule has 2 aromatic rings. The lowest BCUT2D eigenvalue weighted by Gasteiger charge is -2.39. The maximum absolute atomic E-state index is 14.9. The molecule has 1 aliphatic rings. The van der Waals surface area contributed by atoms with Crippen molar-refractivity contribution in [1.29, 1.82) is 0 Å². The third-order valence-corrected chi connectivity index (χ3v) is 12.4. The first-order chi connectivity index (χ1) is 29.3. The zero-order valence-electron chi connectivity index (χ0n) is 38.0. The smallest absolute Gasteiger partial charge is 0.307 e. The Hall–Kier alpha value is -4.22. The Morgan fingerprint density at radius 2 is 1.71 bits per heavy atom. The van der Waals surface area contributed by atoms with Gasteiger partial charge >= 0.3 is 11.9 Å². The summed E-state index contributed by atoms with van der Waals surface area (Å²) in [5.41, 5.74) is 0.920. The first-order valence-electron chi connectivity index (χ1n) is 21.9. The molecule has 0 saturated carbocycles. The number of likely N-dealkylation sites (tertiary alicyclic amines) is 1. The second-order valence-electron chi connectivity index (χ2n) is 17.3. The van der Waals surface area contributed by atoms with Crippen molar-refractivity contribution in [3.05, 3.63) is 45.9 Å². The Bertz CT molecular complexity index is 1770. The predicted octanol–water partition coefficient (Wildman–Crippen LogP) is 5.67. The number of esters is 2. The Balaban J connectivity index is 1.96. The van der Waals surface area contributed by atoms with E-state index in [1.54, 1.807) is 36.6 Å². The number of phenols is 1. The van der Waals surface area contributed by atoms with Crippen LogP contribution in [0.5, 0.6) is 5.75 Å².